The topological polar surface area (TPSA) is 165 Å². The maximum atomic E-state index is 14.1. The van der Waals surface area contributed by atoms with Crippen molar-refractivity contribution < 1.29 is 42.3 Å². The van der Waals surface area contributed by atoms with Crippen molar-refractivity contribution in [1.29, 1.82) is 5.26 Å². The molecule has 1 aromatic heterocycles. The van der Waals surface area contributed by atoms with E-state index in [0.717, 1.165) is 16.7 Å². The average Bonchev–Trinajstić information content (AvgIpc) is 3.65. The highest BCUT2D eigenvalue weighted by Gasteiger charge is 2.51. The Balaban J connectivity index is 1.47. The molecule has 0 saturated carbocycles. The summed E-state index contributed by atoms with van der Waals surface area (Å²) in [5.74, 6) is 0.990. The van der Waals surface area contributed by atoms with Crippen LogP contribution in [0, 0.1) is 11.3 Å². The molecule has 0 spiro atoms. The number of nitriles is 1. The number of hydrogen-bond acceptors (Lipinski definition) is 13. The number of carbonyl (C=O) groups is 1. The van der Waals surface area contributed by atoms with Crippen LogP contribution in [0.15, 0.2) is 126 Å². The quantitative estimate of drug-likeness (QED) is 0.0380. The first-order valence-electron chi connectivity index (χ1n) is 21.5. The van der Waals surface area contributed by atoms with Crippen molar-refractivity contribution in [3.05, 3.63) is 154 Å². The number of benzene rings is 4. The van der Waals surface area contributed by atoms with Crippen molar-refractivity contribution in [3.63, 3.8) is 0 Å². The molecular formula is C49H58N5O10P. The molecule has 4 unspecified atom stereocenters. The molecule has 0 radical (unpaired) electrons. The van der Waals surface area contributed by atoms with Crippen LogP contribution in [-0.4, -0.2) is 98.3 Å². The summed E-state index contributed by atoms with van der Waals surface area (Å²) in [5, 5.41) is 12.2. The maximum absolute atomic E-state index is 14.1. The summed E-state index contributed by atoms with van der Waals surface area (Å²) in [6.07, 6.45) is -2.20. The number of rotatable bonds is 23. The van der Waals surface area contributed by atoms with E-state index in [-0.39, 0.29) is 50.7 Å². The van der Waals surface area contributed by atoms with Crippen molar-refractivity contribution in [2.45, 2.75) is 76.3 Å². The van der Waals surface area contributed by atoms with Crippen molar-refractivity contribution in [2.75, 3.05) is 53.1 Å². The Morgan fingerprint density at radius 1 is 0.815 bits per heavy atom. The lowest BCUT2D eigenvalue weighted by Gasteiger charge is -2.39. The molecule has 0 bridgehead atoms. The van der Waals surface area contributed by atoms with Crippen LogP contribution in [0.25, 0.3) is 0 Å². The third-order valence-corrected chi connectivity index (χ3v) is 12.9. The van der Waals surface area contributed by atoms with Crippen LogP contribution in [0.3, 0.4) is 0 Å². The van der Waals surface area contributed by atoms with Gasteiger partial charge in [0.15, 0.2) is 6.23 Å². The van der Waals surface area contributed by atoms with E-state index in [2.05, 4.69) is 48.7 Å². The van der Waals surface area contributed by atoms with Crippen molar-refractivity contribution >= 4 is 20.3 Å². The number of methoxy groups -OCH3 is 3. The van der Waals surface area contributed by atoms with Gasteiger partial charge in [-0.05, 0) is 86.8 Å². The van der Waals surface area contributed by atoms with Crippen LogP contribution in [0.1, 0.15) is 67.4 Å². The first kappa shape index (κ1) is 48.9. The molecule has 1 amide bonds. The van der Waals surface area contributed by atoms with Gasteiger partial charge < -0.3 is 42.8 Å². The smallest absolute Gasteiger partial charge is 0.351 e. The van der Waals surface area contributed by atoms with E-state index in [1.54, 1.807) is 45.6 Å². The summed E-state index contributed by atoms with van der Waals surface area (Å²) in [7, 11) is 2.95. The molecule has 5 aromatic rings. The molecule has 1 saturated heterocycles. The summed E-state index contributed by atoms with van der Waals surface area (Å²) in [6.45, 7) is 8.59. The van der Waals surface area contributed by atoms with Crippen LogP contribution < -0.4 is 20.5 Å². The van der Waals surface area contributed by atoms with E-state index in [1.165, 1.54) is 16.8 Å². The van der Waals surface area contributed by atoms with Gasteiger partial charge in [0.25, 0.3) is 14.4 Å². The largest absolute Gasteiger partial charge is 0.497 e. The monoisotopic (exact) mass is 907 g/mol. The van der Waals surface area contributed by atoms with E-state index in [0.29, 0.717) is 17.1 Å². The van der Waals surface area contributed by atoms with Crippen LogP contribution in [0.2, 0.25) is 0 Å². The highest BCUT2D eigenvalue weighted by molar-refractivity contribution is 7.44. The highest BCUT2D eigenvalue weighted by Crippen LogP contribution is 2.51. The lowest BCUT2D eigenvalue weighted by molar-refractivity contribution is -0.0990. The van der Waals surface area contributed by atoms with Crippen LogP contribution in [0.4, 0.5) is 5.82 Å². The molecule has 6 rings (SSSR count). The van der Waals surface area contributed by atoms with E-state index in [4.69, 9.17) is 37.5 Å². The van der Waals surface area contributed by atoms with E-state index >= 15 is 0 Å². The molecule has 16 heteroatoms. The molecule has 1 aliphatic rings. The van der Waals surface area contributed by atoms with Crippen LogP contribution in [-0.2, 0) is 33.6 Å². The number of hydrogen-bond donors (Lipinski definition) is 1. The number of amides is 1. The zero-order valence-electron chi connectivity index (χ0n) is 37.9. The van der Waals surface area contributed by atoms with Crippen molar-refractivity contribution in [2.24, 2.45) is 0 Å². The van der Waals surface area contributed by atoms with Crippen LogP contribution in [0.5, 0.6) is 11.5 Å². The number of nitrogens with zero attached hydrogens (tertiary/aromatic N) is 4. The van der Waals surface area contributed by atoms with Gasteiger partial charge in [0.2, 0.25) is 0 Å². The minimum atomic E-state index is -1.85. The molecule has 2 heterocycles. The predicted molar refractivity (Wildman–Crippen MR) is 247 cm³/mol. The van der Waals surface area contributed by atoms with Gasteiger partial charge in [0.1, 0.15) is 41.2 Å². The van der Waals surface area contributed by atoms with Gasteiger partial charge in [-0.1, -0.05) is 72.8 Å². The Kier molecular flexibility index (Phi) is 17.8. The molecule has 5 atom stereocenters. The van der Waals surface area contributed by atoms with Gasteiger partial charge in [-0.25, -0.2) is 9.46 Å². The zero-order valence-corrected chi connectivity index (χ0v) is 38.8. The predicted octanol–water partition coefficient (Wildman–Crippen LogP) is 8.11. The molecule has 344 valence electrons. The Hall–Kier alpha value is -5.53. The lowest BCUT2D eigenvalue weighted by atomic mass is 9.80. The number of carbonyl (C=O) groups excluding carboxylic acids is 1. The first-order chi connectivity index (χ1) is 31.5. The second-order valence-electron chi connectivity index (χ2n) is 15.6. The van der Waals surface area contributed by atoms with Gasteiger partial charge in [-0.2, -0.15) is 10.2 Å². The number of anilines is 1. The summed E-state index contributed by atoms with van der Waals surface area (Å²) in [4.78, 5) is 31.4. The fraction of sp³-hybridized carbons (Fsp3) is 0.388. The molecular weight excluding hydrogens is 850 g/mol. The summed E-state index contributed by atoms with van der Waals surface area (Å²) < 4.78 is 54.4. The highest BCUT2D eigenvalue weighted by atomic mass is 31.2. The molecule has 15 nitrogen and oxygen atoms in total. The maximum Gasteiger partial charge on any atom is 0.351 e. The molecule has 65 heavy (non-hydrogen) atoms. The molecule has 0 aliphatic carbocycles. The average molecular weight is 908 g/mol. The SMILES string of the molecule is COCCOC1C(OP(OCCC#N)N(C(C)C)C(C)C)C(COC(c2ccccc2)(c2ccc(OC)cc2)c2ccc(OC)cc2)O[C@@H]1n1ccc(NC(=O)c2ccccc2)nc1=O. The van der Waals surface area contributed by atoms with E-state index < -0.39 is 50.3 Å². The second kappa shape index (κ2) is 23.6. The van der Waals surface area contributed by atoms with Crippen molar-refractivity contribution in [1.82, 2.24) is 14.2 Å². The Labute approximate surface area is 382 Å². The van der Waals surface area contributed by atoms with Gasteiger partial charge in [0.05, 0.1) is 53.1 Å². The molecule has 1 N–H and O–H groups in total. The van der Waals surface area contributed by atoms with Crippen molar-refractivity contribution in [3.8, 4) is 17.6 Å². The summed E-state index contributed by atoms with van der Waals surface area (Å²) in [6, 6.07) is 37.6. The fourth-order valence-corrected chi connectivity index (χ4v) is 9.54. The lowest BCUT2D eigenvalue weighted by Crippen LogP contribution is -2.43. The molecule has 4 aromatic carbocycles. The van der Waals surface area contributed by atoms with Gasteiger partial charge in [-0.15, -0.1) is 0 Å². The fourth-order valence-electron chi connectivity index (χ4n) is 7.77. The van der Waals surface area contributed by atoms with Crippen LogP contribution >= 0.6 is 8.53 Å². The Morgan fingerprint density at radius 2 is 1.40 bits per heavy atom. The van der Waals surface area contributed by atoms with Gasteiger partial charge in [0, 0.05) is 31.0 Å². The minimum Gasteiger partial charge on any atom is -0.497 e. The summed E-state index contributed by atoms with van der Waals surface area (Å²) in [5.41, 5.74) is 0.914. The number of nitrogens with one attached hydrogen (secondary N) is 1. The third-order valence-electron chi connectivity index (χ3n) is 10.8. The zero-order chi connectivity index (χ0) is 46.3. The molecule has 1 aliphatic heterocycles. The number of ether oxygens (including phenoxy) is 6. The van der Waals surface area contributed by atoms with Gasteiger partial charge >= 0.3 is 5.69 Å². The van der Waals surface area contributed by atoms with E-state index in [1.807, 2.05) is 84.9 Å². The molecule has 1 fully saturated rings. The number of aromatic nitrogens is 2. The third kappa shape index (κ3) is 11.8. The first-order valence-corrected chi connectivity index (χ1v) is 22.6. The summed E-state index contributed by atoms with van der Waals surface area (Å²) >= 11 is 0. The van der Waals surface area contributed by atoms with E-state index in [9.17, 15) is 14.9 Å². The Bertz CT molecular complexity index is 2290. The minimum absolute atomic E-state index is 0.0230. The Morgan fingerprint density at radius 3 is 1.94 bits per heavy atom. The standard InChI is InChI=1S/C49H58N5O10P/c1-34(2)54(35(3)4)65(62-30-14-28-50)64-44-42(63-47(45(44)60-32-31-57-5)53-29-27-43(52-48(53)56)51-46(55)36-15-10-8-11-16-36)33-61-49(37-17-12-9-13-18-37,38-19-23-40(58-6)24-20-38)39-21-25-41(59-7)26-22-39/h8-13,15-27,29,34-35,42,44-45,47H,14,30-33H2,1-7H3,(H,51,52,55,56)/t42?,44?,45?,47-,65?/m0/s1. The normalized spacial score (nSPS) is 17.9. The van der Waals surface area contributed by atoms with Gasteiger partial charge in [-0.3, -0.25) is 9.36 Å². The second-order valence-corrected chi connectivity index (χ2v) is 17.1.